The molecule has 10 heteroatoms. The highest BCUT2D eigenvalue weighted by atomic mass is 35.5. The lowest BCUT2D eigenvalue weighted by Crippen LogP contribution is -2.52. The van der Waals surface area contributed by atoms with E-state index < -0.39 is 18.0 Å². The van der Waals surface area contributed by atoms with Crippen molar-refractivity contribution < 1.29 is 28.7 Å². The van der Waals surface area contributed by atoms with Crippen LogP contribution in [-0.2, 0) is 27.5 Å². The largest absolute Gasteiger partial charge is 0.495 e. The molecule has 2 heterocycles. The van der Waals surface area contributed by atoms with Crippen LogP contribution < -0.4 is 15.4 Å². The molecular formula is C22H20ClN3O6. The molecule has 0 aliphatic carbocycles. The van der Waals surface area contributed by atoms with Crippen molar-refractivity contribution in [3.63, 3.8) is 0 Å². The van der Waals surface area contributed by atoms with E-state index in [4.69, 9.17) is 21.1 Å². The molecule has 2 aliphatic heterocycles. The number of nitrogens with zero attached hydrogens (tertiary/aromatic N) is 1. The summed E-state index contributed by atoms with van der Waals surface area (Å²) in [7, 11) is 1.47. The molecule has 1 saturated heterocycles. The smallest absolute Gasteiger partial charge is 0.412 e. The first-order valence-corrected chi connectivity index (χ1v) is 10.3. The third-order valence-electron chi connectivity index (χ3n) is 5.36. The monoisotopic (exact) mass is 457 g/mol. The molecule has 1 atom stereocenters. The third-order valence-corrected chi connectivity index (χ3v) is 5.60. The quantitative estimate of drug-likeness (QED) is 0.667. The minimum atomic E-state index is -0.706. The van der Waals surface area contributed by atoms with Gasteiger partial charge in [-0.2, -0.15) is 0 Å². The van der Waals surface area contributed by atoms with Crippen molar-refractivity contribution in [3.8, 4) is 5.75 Å². The van der Waals surface area contributed by atoms with Gasteiger partial charge in [-0.1, -0.05) is 23.7 Å². The summed E-state index contributed by atoms with van der Waals surface area (Å²) in [5.41, 5.74) is 2.22. The molecule has 2 aliphatic rings. The van der Waals surface area contributed by atoms with Gasteiger partial charge < -0.3 is 14.4 Å². The van der Waals surface area contributed by atoms with E-state index in [9.17, 15) is 19.2 Å². The van der Waals surface area contributed by atoms with E-state index in [1.807, 2.05) is 0 Å². The Labute approximate surface area is 188 Å². The molecule has 0 bridgehead atoms. The lowest BCUT2D eigenvalue weighted by Gasteiger charge is -2.29. The van der Waals surface area contributed by atoms with Gasteiger partial charge in [0.25, 0.3) is 5.91 Å². The highest BCUT2D eigenvalue weighted by molar-refractivity contribution is 6.31. The van der Waals surface area contributed by atoms with Gasteiger partial charge in [-0.25, -0.2) is 4.79 Å². The molecule has 32 heavy (non-hydrogen) atoms. The average Bonchev–Trinajstić information content (AvgIpc) is 3.08. The van der Waals surface area contributed by atoms with Gasteiger partial charge in [-0.05, 0) is 41.8 Å². The average molecular weight is 458 g/mol. The van der Waals surface area contributed by atoms with Gasteiger partial charge in [0.05, 0.1) is 12.8 Å². The van der Waals surface area contributed by atoms with Crippen LogP contribution in [0.25, 0.3) is 0 Å². The van der Waals surface area contributed by atoms with E-state index in [1.165, 1.54) is 12.0 Å². The summed E-state index contributed by atoms with van der Waals surface area (Å²) in [5, 5.41) is 5.28. The number of anilines is 1. The van der Waals surface area contributed by atoms with E-state index in [0.717, 1.165) is 5.56 Å². The fourth-order valence-electron chi connectivity index (χ4n) is 3.76. The second-order valence-electron chi connectivity index (χ2n) is 7.44. The van der Waals surface area contributed by atoms with Crippen LogP contribution in [-0.4, -0.2) is 41.9 Å². The van der Waals surface area contributed by atoms with Crippen LogP contribution in [0.3, 0.4) is 0 Å². The van der Waals surface area contributed by atoms with Gasteiger partial charge in [0.15, 0.2) is 0 Å². The van der Waals surface area contributed by atoms with Crippen molar-refractivity contribution in [2.45, 2.75) is 32.0 Å². The summed E-state index contributed by atoms with van der Waals surface area (Å²) < 4.78 is 10.4. The van der Waals surface area contributed by atoms with Crippen LogP contribution in [0.15, 0.2) is 36.4 Å². The first-order chi connectivity index (χ1) is 15.4. The zero-order valence-corrected chi connectivity index (χ0v) is 17.9. The molecule has 2 N–H and O–H groups in total. The zero-order valence-electron chi connectivity index (χ0n) is 17.1. The van der Waals surface area contributed by atoms with E-state index >= 15 is 0 Å². The molecule has 9 nitrogen and oxygen atoms in total. The highest BCUT2D eigenvalue weighted by Crippen LogP contribution is 2.29. The van der Waals surface area contributed by atoms with Crippen molar-refractivity contribution in [1.82, 2.24) is 10.2 Å². The second-order valence-corrected chi connectivity index (χ2v) is 7.87. The normalized spacial score (nSPS) is 17.6. The summed E-state index contributed by atoms with van der Waals surface area (Å²) >= 11 is 5.96. The number of nitrogens with one attached hydrogen (secondary N) is 2. The molecule has 4 rings (SSSR count). The molecule has 0 spiro atoms. The number of ether oxygens (including phenoxy) is 2. The minimum Gasteiger partial charge on any atom is -0.495 e. The Kier molecular flexibility index (Phi) is 6.00. The lowest BCUT2D eigenvalue weighted by atomic mass is 10.0. The van der Waals surface area contributed by atoms with Crippen molar-refractivity contribution >= 4 is 41.1 Å². The number of methoxy groups -OCH3 is 1. The summed E-state index contributed by atoms with van der Waals surface area (Å²) in [6.45, 7) is 0.227. The van der Waals surface area contributed by atoms with Gasteiger partial charge in [0.1, 0.15) is 18.4 Å². The summed E-state index contributed by atoms with van der Waals surface area (Å²) in [6.07, 6.45) is -0.210. The number of halogens is 1. The van der Waals surface area contributed by atoms with Gasteiger partial charge in [0, 0.05) is 23.6 Å². The number of amides is 4. The number of benzene rings is 2. The number of hydrogen-bond acceptors (Lipinski definition) is 6. The Morgan fingerprint density at radius 2 is 2.03 bits per heavy atom. The van der Waals surface area contributed by atoms with Crippen molar-refractivity contribution in [3.05, 3.63) is 58.1 Å². The number of carbonyl (C=O) groups excluding carboxylic acids is 4. The molecule has 2 aromatic carbocycles. The third kappa shape index (κ3) is 4.38. The van der Waals surface area contributed by atoms with Crippen LogP contribution in [0.5, 0.6) is 5.75 Å². The Bertz CT molecular complexity index is 1120. The molecular weight excluding hydrogens is 438 g/mol. The number of piperidine rings is 1. The zero-order chi connectivity index (χ0) is 22.8. The first kappa shape index (κ1) is 21.6. The van der Waals surface area contributed by atoms with E-state index in [2.05, 4.69) is 10.6 Å². The highest BCUT2D eigenvalue weighted by Gasteiger charge is 2.39. The first-order valence-electron chi connectivity index (χ1n) is 9.89. The predicted octanol–water partition coefficient (Wildman–Crippen LogP) is 2.86. The van der Waals surface area contributed by atoms with Gasteiger partial charge in [0.2, 0.25) is 11.8 Å². The van der Waals surface area contributed by atoms with Crippen LogP contribution in [0.4, 0.5) is 10.5 Å². The molecule has 0 radical (unpaired) electrons. The number of rotatable bonds is 5. The Morgan fingerprint density at radius 1 is 1.22 bits per heavy atom. The van der Waals surface area contributed by atoms with Crippen molar-refractivity contribution in [2.24, 2.45) is 0 Å². The van der Waals surface area contributed by atoms with Crippen molar-refractivity contribution in [1.29, 1.82) is 0 Å². The Hall–Kier alpha value is -3.59. The van der Waals surface area contributed by atoms with Gasteiger partial charge in [-0.15, -0.1) is 0 Å². The summed E-state index contributed by atoms with van der Waals surface area (Å²) in [5.74, 6) is -0.643. The van der Waals surface area contributed by atoms with E-state index in [1.54, 1.807) is 36.4 Å². The number of fused-ring (bicyclic) bond motifs is 1. The number of carbonyl (C=O) groups is 4. The topological polar surface area (TPSA) is 114 Å². The Morgan fingerprint density at radius 3 is 2.78 bits per heavy atom. The summed E-state index contributed by atoms with van der Waals surface area (Å²) in [6, 6.07) is 9.30. The van der Waals surface area contributed by atoms with Crippen LogP contribution in [0, 0.1) is 0 Å². The second kappa shape index (κ2) is 8.88. The van der Waals surface area contributed by atoms with E-state index in [-0.39, 0.29) is 31.4 Å². The lowest BCUT2D eigenvalue weighted by molar-refractivity contribution is -0.136. The molecule has 166 valence electrons. The standard InChI is InChI=1S/C22H20ClN3O6/c1-31-18-6-4-14(23)9-16(18)24-22(30)32-11-12-2-3-13-10-26(21(29)15(13)8-12)17-5-7-19(27)25-20(17)28/h2-4,6,8-9,17H,5,7,10-11H2,1H3,(H,24,30)(H,25,27,28). The maximum atomic E-state index is 12.9. The fraction of sp³-hybridized carbons (Fsp3) is 0.273. The van der Waals surface area contributed by atoms with E-state index in [0.29, 0.717) is 34.0 Å². The minimum absolute atomic E-state index is 0.0618. The van der Waals surface area contributed by atoms with Gasteiger partial charge >= 0.3 is 6.09 Å². The van der Waals surface area contributed by atoms with Crippen molar-refractivity contribution in [2.75, 3.05) is 12.4 Å². The van der Waals surface area contributed by atoms with Crippen LogP contribution in [0.2, 0.25) is 5.02 Å². The number of imide groups is 1. The maximum absolute atomic E-state index is 12.9. The predicted molar refractivity (Wildman–Crippen MR) is 114 cm³/mol. The summed E-state index contributed by atoms with van der Waals surface area (Å²) in [4.78, 5) is 50.1. The SMILES string of the molecule is COc1ccc(Cl)cc1NC(=O)OCc1ccc2c(c1)C(=O)N(C1CCC(=O)NC1=O)C2. The molecule has 0 aromatic heterocycles. The van der Waals surface area contributed by atoms with Gasteiger partial charge in [-0.3, -0.25) is 25.0 Å². The Balaban J connectivity index is 1.40. The molecule has 4 amide bonds. The molecule has 0 saturated carbocycles. The van der Waals surface area contributed by atoms with Crippen LogP contribution >= 0.6 is 11.6 Å². The molecule has 2 aromatic rings. The fourth-order valence-corrected chi connectivity index (χ4v) is 3.94. The maximum Gasteiger partial charge on any atom is 0.412 e. The number of hydrogen-bond donors (Lipinski definition) is 2. The van der Waals surface area contributed by atoms with Crippen LogP contribution in [0.1, 0.15) is 34.3 Å². The molecule has 1 fully saturated rings. The molecule has 1 unspecified atom stereocenters.